The van der Waals surface area contributed by atoms with Crippen molar-refractivity contribution in [2.24, 2.45) is 5.14 Å². The summed E-state index contributed by atoms with van der Waals surface area (Å²) in [6.07, 6.45) is 0. The number of hydrogen-bond donors (Lipinski definition) is 1. The third-order valence-electron chi connectivity index (χ3n) is 1.98. The van der Waals surface area contributed by atoms with Crippen LogP contribution in [-0.4, -0.2) is 19.2 Å². The van der Waals surface area contributed by atoms with Gasteiger partial charge in [0.2, 0.25) is 0 Å². The highest BCUT2D eigenvalue weighted by molar-refractivity contribution is 7.99. The Morgan fingerprint density at radius 3 is 2.73 bits per heavy atom. The Kier molecular flexibility index (Phi) is 2.99. The molecule has 1 aromatic heterocycles. The molecule has 1 heterocycles. The number of thiazole rings is 1. The van der Waals surface area contributed by atoms with Crippen LogP contribution >= 0.6 is 23.3 Å². The van der Waals surface area contributed by atoms with E-state index in [1.54, 1.807) is 14.2 Å². The quantitative estimate of drug-likeness (QED) is 0.837. The van der Waals surface area contributed by atoms with E-state index in [-0.39, 0.29) is 0 Å². The lowest BCUT2D eigenvalue weighted by molar-refractivity contribution is 0.358. The summed E-state index contributed by atoms with van der Waals surface area (Å²) in [6, 6.07) is 3.82. The first-order valence-corrected chi connectivity index (χ1v) is 5.88. The Morgan fingerprint density at radius 2 is 2.13 bits per heavy atom. The summed E-state index contributed by atoms with van der Waals surface area (Å²) in [5.74, 6) is 1.34. The van der Waals surface area contributed by atoms with Crippen molar-refractivity contribution in [1.82, 2.24) is 4.98 Å². The van der Waals surface area contributed by atoms with Crippen molar-refractivity contribution in [2.75, 3.05) is 14.2 Å². The summed E-state index contributed by atoms with van der Waals surface area (Å²) in [6.45, 7) is 0. The van der Waals surface area contributed by atoms with Gasteiger partial charge in [-0.25, -0.2) is 4.98 Å². The van der Waals surface area contributed by atoms with Crippen LogP contribution in [0.3, 0.4) is 0 Å². The van der Waals surface area contributed by atoms with E-state index in [4.69, 9.17) is 14.6 Å². The van der Waals surface area contributed by atoms with Crippen LogP contribution in [0.4, 0.5) is 0 Å². The average Bonchev–Trinajstić information content (AvgIpc) is 2.70. The Hall–Kier alpha value is -0.980. The Labute approximate surface area is 95.5 Å². The molecule has 4 nitrogen and oxygen atoms in total. The van der Waals surface area contributed by atoms with Crippen molar-refractivity contribution < 1.29 is 9.47 Å². The van der Waals surface area contributed by atoms with E-state index in [0.717, 1.165) is 26.5 Å². The van der Waals surface area contributed by atoms with Crippen molar-refractivity contribution in [3.05, 3.63) is 12.1 Å². The number of nitrogens with two attached hydrogens (primary N) is 1. The fraction of sp³-hybridized carbons (Fsp3) is 0.222. The number of benzene rings is 1. The molecule has 0 amide bonds. The number of methoxy groups -OCH3 is 2. The molecule has 0 unspecified atom stereocenters. The lowest BCUT2D eigenvalue weighted by Crippen LogP contribution is -1.90. The van der Waals surface area contributed by atoms with Crippen LogP contribution in [0.25, 0.3) is 10.2 Å². The van der Waals surface area contributed by atoms with Gasteiger partial charge in [0.05, 0.1) is 18.9 Å². The minimum absolute atomic E-state index is 0.659. The average molecular weight is 242 g/mol. The zero-order valence-corrected chi connectivity index (χ0v) is 9.95. The molecule has 1 aromatic carbocycles. The van der Waals surface area contributed by atoms with Gasteiger partial charge >= 0.3 is 0 Å². The Bertz CT molecular complexity index is 484. The minimum atomic E-state index is 0.659. The van der Waals surface area contributed by atoms with Gasteiger partial charge in [0.1, 0.15) is 5.52 Å². The van der Waals surface area contributed by atoms with E-state index < -0.39 is 0 Å². The highest BCUT2D eigenvalue weighted by Crippen LogP contribution is 2.38. The molecule has 2 N–H and O–H groups in total. The summed E-state index contributed by atoms with van der Waals surface area (Å²) in [5, 5.41) is 5.47. The molecule has 0 saturated carbocycles. The highest BCUT2D eigenvalue weighted by Gasteiger charge is 2.13. The molecule has 0 aliphatic heterocycles. The number of ether oxygens (including phenoxy) is 2. The van der Waals surface area contributed by atoms with Crippen LogP contribution in [-0.2, 0) is 0 Å². The first kappa shape index (κ1) is 10.5. The number of fused-ring (bicyclic) bond motifs is 1. The summed E-state index contributed by atoms with van der Waals surface area (Å²) in [4.78, 5) is 4.36. The predicted molar refractivity (Wildman–Crippen MR) is 62.8 cm³/mol. The zero-order chi connectivity index (χ0) is 10.8. The molecule has 0 radical (unpaired) electrons. The molecule has 2 rings (SSSR count). The van der Waals surface area contributed by atoms with E-state index in [0.29, 0.717) is 11.5 Å². The summed E-state index contributed by atoms with van der Waals surface area (Å²) in [5.41, 5.74) is 0.801. The van der Waals surface area contributed by atoms with Crippen LogP contribution in [0.5, 0.6) is 11.5 Å². The molecule has 0 saturated heterocycles. The van der Waals surface area contributed by atoms with Crippen LogP contribution in [0.15, 0.2) is 16.5 Å². The number of hydrogen-bond acceptors (Lipinski definition) is 6. The van der Waals surface area contributed by atoms with Crippen molar-refractivity contribution in [3.8, 4) is 11.5 Å². The van der Waals surface area contributed by atoms with Crippen LogP contribution in [0, 0.1) is 0 Å². The predicted octanol–water partition coefficient (Wildman–Crippen LogP) is 2.28. The van der Waals surface area contributed by atoms with Gasteiger partial charge < -0.3 is 9.47 Å². The second-order valence-electron chi connectivity index (χ2n) is 2.75. The molecule has 2 aromatic rings. The second-order valence-corrected chi connectivity index (χ2v) is 4.66. The highest BCUT2D eigenvalue weighted by atomic mass is 32.2. The number of aromatic nitrogens is 1. The van der Waals surface area contributed by atoms with E-state index in [1.165, 1.54) is 11.3 Å². The molecular weight excluding hydrogens is 232 g/mol. The third-order valence-corrected chi connectivity index (χ3v) is 3.63. The van der Waals surface area contributed by atoms with E-state index in [2.05, 4.69) is 4.98 Å². The van der Waals surface area contributed by atoms with E-state index >= 15 is 0 Å². The van der Waals surface area contributed by atoms with Gasteiger partial charge in [-0.05, 0) is 24.1 Å². The Morgan fingerprint density at radius 1 is 1.33 bits per heavy atom. The van der Waals surface area contributed by atoms with Gasteiger partial charge in [0.15, 0.2) is 15.8 Å². The van der Waals surface area contributed by atoms with Crippen molar-refractivity contribution in [2.45, 2.75) is 4.34 Å². The van der Waals surface area contributed by atoms with Crippen LogP contribution in [0.1, 0.15) is 0 Å². The van der Waals surface area contributed by atoms with Crippen LogP contribution < -0.4 is 14.6 Å². The van der Waals surface area contributed by atoms with Gasteiger partial charge in [0, 0.05) is 0 Å². The van der Waals surface area contributed by atoms with Crippen molar-refractivity contribution >= 4 is 33.5 Å². The normalized spacial score (nSPS) is 10.6. The van der Waals surface area contributed by atoms with Gasteiger partial charge in [-0.3, -0.25) is 5.14 Å². The molecule has 0 fully saturated rings. The molecule has 80 valence electrons. The van der Waals surface area contributed by atoms with Gasteiger partial charge in [-0.15, -0.1) is 11.3 Å². The standard InChI is InChI=1S/C9H10N2O2S2/c1-12-5-3-4-6-7(8(5)13-2)11-9(14-6)15-10/h3-4H,10H2,1-2H3. The molecule has 15 heavy (non-hydrogen) atoms. The summed E-state index contributed by atoms with van der Waals surface area (Å²) in [7, 11) is 3.21. The maximum absolute atomic E-state index is 5.47. The number of rotatable bonds is 3. The third kappa shape index (κ3) is 1.75. The molecule has 0 aliphatic rings. The monoisotopic (exact) mass is 242 g/mol. The fourth-order valence-electron chi connectivity index (χ4n) is 1.34. The molecule has 0 spiro atoms. The summed E-state index contributed by atoms with van der Waals surface area (Å²) < 4.78 is 12.3. The molecular formula is C9H10N2O2S2. The maximum atomic E-state index is 5.47. The van der Waals surface area contributed by atoms with E-state index in [1.807, 2.05) is 12.1 Å². The van der Waals surface area contributed by atoms with Gasteiger partial charge in [0.25, 0.3) is 0 Å². The lowest BCUT2D eigenvalue weighted by Gasteiger charge is -2.06. The Balaban J connectivity index is 2.69. The second kappa shape index (κ2) is 4.26. The SMILES string of the molecule is COc1ccc2sc(SN)nc2c1OC. The molecule has 6 heteroatoms. The van der Waals surface area contributed by atoms with Crippen molar-refractivity contribution in [1.29, 1.82) is 0 Å². The number of nitrogens with zero attached hydrogens (tertiary/aromatic N) is 1. The topological polar surface area (TPSA) is 57.4 Å². The molecule has 0 bridgehead atoms. The maximum Gasteiger partial charge on any atom is 0.188 e. The lowest BCUT2D eigenvalue weighted by atomic mass is 10.3. The largest absolute Gasteiger partial charge is 0.493 e. The van der Waals surface area contributed by atoms with E-state index in [9.17, 15) is 0 Å². The first-order valence-electron chi connectivity index (χ1n) is 4.18. The van der Waals surface area contributed by atoms with Gasteiger partial charge in [-0.1, -0.05) is 0 Å². The molecule has 0 atom stereocenters. The first-order chi connectivity index (χ1) is 7.30. The van der Waals surface area contributed by atoms with Gasteiger partial charge in [-0.2, -0.15) is 0 Å². The van der Waals surface area contributed by atoms with Crippen molar-refractivity contribution in [3.63, 3.8) is 0 Å². The summed E-state index contributed by atoms with van der Waals surface area (Å²) >= 11 is 2.68. The smallest absolute Gasteiger partial charge is 0.188 e. The minimum Gasteiger partial charge on any atom is -0.493 e. The molecule has 0 aliphatic carbocycles. The fourth-order valence-corrected chi connectivity index (χ4v) is 2.64. The zero-order valence-electron chi connectivity index (χ0n) is 8.31. The van der Waals surface area contributed by atoms with Crippen LogP contribution in [0.2, 0.25) is 0 Å².